The largest absolute Gasteiger partial charge is 0.497 e. The Kier molecular flexibility index (Phi) is 9.26. The molecule has 40 heavy (non-hydrogen) atoms. The number of rotatable bonds is 9. The molecule has 2 heterocycles. The average molecular weight is 630 g/mol. The van der Waals surface area contributed by atoms with E-state index in [4.69, 9.17) is 23.9 Å². The van der Waals surface area contributed by atoms with E-state index < -0.39 is 18.0 Å². The summed E-state index contributed by atoms with van der Waals surface area (Å²) >= 11 is 4.62. The lowest BCUT2D eigenvalue weighted by Crippen LogP contribution is -2.40. The lowest BCUT2D eigenvalue weighted by Gasteiger charge is -2.27. The van der Waals surface area contributed by atoms with Gasteiger partial charge in [0.05, 0.1) is 36.6 Å². The van der Waals surface area contributed by atoms with Crippen molar-refractivity contribution in [2.45, 2.75) is 39.7 Å². The number of allylic oxidation sites excluding steroid dienone is 1. The molecule has 0 bridgehead atoms. The Morgan fingerprint density at radius 2 is 1.85 bits per heavy atom. The first-order valence-corrected chi connectivity index (χ1v) is 14.2. The molecule has 9 nitrogen and oxygen atoms in total. The third-order valence-corrected chi connectivity index (χ3v) is 7.61. The van der Waals surface area contributed by atoms with Crippen molar-refractivity contribution in [1.29, 1.82) is 0 Å². The third kappa shape index (κ3) is 5.90. The van der Waals surface area contributed by atoms with E-state index >= 15 is 0 Å². The van der Waals surface area contributed by atoms with Gasteiger partial charge in [-0.05, 0) is 55.8 Å². The van der Waals surface area contributed by atoms with Gasteiger partial charge in [-0.1, -0.05) is 40.6 Å². The maximum Gasteiger partial charge on any atom is 0.338 e. The van der Waals surface area contributed by atoms with Crippen LogP contribution < -0.4 is 29.1 Å². The molecule has 0 unspecified atom stereocenters. The first-order valence-electron chi connectivity index (χ1n) is 12.6. The van der Waals surface area contributed by atoms with E-state index in [-0.39, 0.29) is 17.7 Å². The second-order valence-corrected chi connectivity index (χ2v) is 10.7. The Hall–Kier alpha value is -3.70. The minimum atomic E-state index is -0.875. The second-order valence-electron chi connectivity index (χ2n) is 8.80. The minimum absolute atomic E-state index is 0.163. The summed E-state index contributed by atoms with van der Waals surface area (Å²) in [5.41, 5.74) is 1.54. The number of carbonyl (C=O) groups is 2. The zero-order valence-corrected chi connectivity index (χ0v) is 25.2. The molecule has 4 rings (SSSR count). The van der Waals surface area contributed by atoms with E-state index in [2.05, 4.69) is 15.9 Å². The summed E-state index contributed by atoms with van der Waals surface area (Å²) in [5.74, 6) is 0.292. The fourth-order valence-corrected chi connectivity index (χ4v) is 5.88. The van der Waals surface area contributed by atoms with Gasteiger partial charge in [0, 0.05) is 22.5 Å². The lowest BCUT2D eigenvalue weighted by molar-refractivity contribution is -0.139. The molecule has 0 N–H and O–H groups in total. The highest BCUT2D eigenvalue weighted by molar-refractivity contribution is 9.10. The van der Waals surface area contributed by atoms with Gasteiger partial charge in [-0.2, -0.15) is 0 Å². The van der Waals surface area contributed by atoms with Gasteiger partial charge in [-0.25, -0.2) is 9.79 Å². The summed E-state index contributed by atoms with van der Waals surface area (Å²) in [6.45, 7) is 5.20. The van der Waals surface area contributed by atoms with Gasteiger partial charge < -0.3 is 18.9 Å². The molecule has 0 saturated carbocycles. The number of hydrogen-bond acceptors (Lipinski definition) is 9. The number of aromatic nitrogens is 1. The van der Waals surface area contributed by atoms with E-state index in [1.54, 1.807) is 56.5 Å². The number of halogens is 1. The van der Waals surface area contributed by atoms with Crippen LogP contribution in [0.15, 0.2) is 61.9 Å². The van der Waals surface area contributed by atoms with Gasteiger partial charge in [-0.3, -0.25) is 14.2 Å². The van der Waals surface area contributed by atoms with E-state index in [1.165, 1.54) is 29.9 Å². The van der Waals surface area contributed by atoms with Crippen molar-refractivity contribution >= 4 is 45.3 Å². The standard InChI is InChI=1S/C29H29BrN2O7S/c1-6-8-21-25(28(35)38-7-2)26(20-15-19(36-4)10-12-23(20)37-5)32-27(34)24(40-29(32)31-21)14-17-13-18(30)9-11-22(17)39-16(3)33/h9-15,26H,6-8H2,1-5H3/b24-14-/t26-/m1/s1. The second kappa shape index (κ2) is 12.6. The van der Waals surface area contributed by atoms with Crippen LogP contribution in [0.2, 0.25) is 0 Å². The number of carbonyl (C=O) groups excluding carboxylic acids is 2. The molecule has 0 aliphatic carbocycles. The van der Waals surface area contributed by atoms with Crippen LogP contribution in [-0.2, 0) is 14.3 Å². The highest BCUT2D eigenvalue weighted by Crippen LogP contribution is 2.38. The van der Waals surface area contributed by atoms with Crippen LogP contribution in [0, 0.1) is 0 Å². The molecule has 0 amide bonds. The maximum absolute atomic E-state index is 14.1. The van der Waals surface area contributed by atoms with Crippen molar-refractivity contribution in [3.8, 4) is 17.2 Å². The topological polar surface area (TPSA) is 105 Å². The monoisotopic (exact) mass is 628 g/mol. The van der Waals surface area contributed by atoms with Crippen LogP contribution >= 0.6 is 27.3 Å². The van der Waals surface area contributed by atoms with E-state index in [1.807, 2.05) is 6.92 Å². The molecule has 0 radical (unpaired) electrons. The molecule has 1 aromatic heterocycles. The molecular weight excluding hydrogens is 600 g/mol. The molecular formula is C29H29BrN2O7S. The highest BCUT2D eigenvalue weighted by Gasteiger charge is 2.36. The first-order chi connectivity index (χ1) is 19.2. The predicted octanol–water partition coefficient (Wildman–Crippen LogP) is 4.28. The van der Waals surface area contributed by atoms with Crippen LogP contribution in [0.25, 0.3) is 6.08 Å². The van der Waals surface area contributed by atoms with E-state index in [9.17, 15) is 14.4 Å². The Balaban J connectivity index is 2.06. The smallest absolute Gasteiger partial charge is 0.338 e. The van der Waals surface area contributed by atoms with Crippen molar-refractivity contribution < 1.29 is 28.5 Å². The Morgan fingerprint density at radius 3 is 2.50 bits per heavy atom. The third-order valence-electron chi connectivity index (χ3n) is 6.14. The molecule has 2 aromatic carbocycles. The number of hydrogen-bond donors (Lipinski definition) is 0. The minimum Gasteiger partial charge on any atom is -0.497 e. The molecule has 1 aliphatic rings. The molecule has 0 spiro atoms. The van der Waals surface area contributed by atoms with Crippen LogP contribution in [0.1, 0.15) is 50.8 Å². The zero-order chi connectivity index (χ0) is 29.0. The SMILES string of the molecule is CCCC1=C(C(=O)OCC)[C@@H](c2cc(OC)ccc2OC)n2c(s/c(=C\c3cc(Br)ccc3OC(C)=O)c2=O)=N1. The molecule has 210 valence electrons. The maximum atomic E-state index is 14.1. The van der Waals surface area contributed by atoms with Crippen LogP contribution in [0.3, 0.4) is 0 Å². The van der Waals surface area contributed by atoms with Gasteiger partial charge in [-0.15, -0.1) is 0 Å². The summed E-state index contributed by atoms with van der Waals surface area (Å²) < 4.78 is 24.6. The summed E-state index contributed by atoms with van der Waals surface area (Å²) in [6.07, 6.45) is 2.88. The number of fused-ring (bicyclic) bond motifs is 1. The number of methoxy groups -OCH3 is 2. The Bertz CT molecular complexity index is 1670. The van der Waals surface area contributed by atoms with Crippen molar-refractivity contribution in [1.82, 2.24) is 4.57 Å². The van der Waals surface area contributed by atoms with Crippen molar-refractivity contribution in [3.05, 3.63) is 83.0 Å². The fraction of sp³-hybridized carbons (Fsp3) is 0.310. The van der Waals surface area contributed by atoms with Crippen LogP contribution in [0.4, 0.5) is 0 Å². The normalized spacial score (nSPS) is 14.8. The van der Waals surface area contributed by atoms with Crippen molar-refractivity contribution in [3.63, 3.8) is 0 Å². The van der Waals surface area contributed by atoms with Crippen molar-refractivity contribution in [2.75, 3.05) is 20.8 Å². The molecule has 3 aromatic rings. The Morgan fingerprint density at radius 1 is 1.10 bits per heavy atom. The average Bonchev–Trinajstić information content (AvgIpc) is 3.23. The summed E-state index contributed by atoms with van der Waals surface area (Å²) in [6, 6.07) is 9.51. The number of benzene rings is 2. The van der Waals surface area contributed by atoms with Gasteiger partial charge >= 0.3 is 11.9 Å². The van der Waals surface area contributed by atoms with E-state index in [0.717, 1.165) is 10.9 Å². The van der Waals surface area contributed by atoms with Gasteiger partial charge in [0.1, 0.15) is 23.3 Å². The summed E-state index contributed by atoms with van der Waals surface area (Å²) in [7, 11) is 3.07. The number of thiazole rings is 1. The molecule has 0 fully saturated rings. The van der Waals surface area contributed by atoms with Crippen LogP contribution in [-0.4, -0.2) is 37.3 Å². The lowest BCUT2D eigenvalue weighted by atomic mass is 9.93. The predicted molar refractivity (Wildman–Crippen MR) is 155 cm³/mol. The fourth-order valence-electron chi connectivity index (χ4n) is 4.49. The summed E-state index contributed by atoms with van der Waals surface area (Å²) in [4.78, 5) is 44.4. The number of nitrogens with zero attached hydrogens (tertiary/aromatic N) is 2. The van der Waals surface area contributed by atoms with E-state index in [0.29, 0.717) is 49.8 Å². The zero-order valence-electron chi connectivity index (χ0n) is 22.8. The Labute approximate surface area is 243 Å². The van der Waals surface area contributed by atoms with Gasteiger partial charge in [0.25, 0.3) is 5.56 Å². The molecule has 1 atom stereocenters. The molecule has 0 saturated heterocycles. The number of ether oxygens (including phenoxy) is 4. The van der Waals surface area contributed by atoms with Crippen LogP contribution in [0.5, 0.6) is 17.2 Å². The quantitative estimate of drug-likeness (QED) is 0.257. The first kappa shape index (κ1) is 29.3. The highest BCUT2D eigenvalue weighted by atomic mass is 79.9. The molecule has 11 heteroatoms. The summed E-state index contributed by atoms with van der Waals surface area (Å²) in [5, 5.41) is 0. The van der Waals surface area contributed by atoms with Gasteiger partial charge in [0.15, 0.2) is 4.80 Å². The van der Waals surface area contributed by atoms with Crippen molar-refractivity contribution in [2.24, 2.45) is 4.99 Å². The number of esters is 2. The van der Waals surface area contributed by atoms with Gasteiger partial charge in [0.2, 0.25) is 0 Å². The molecule has 1 aliphatic heterocycles.